The molecule has 0 saturated carbocycles. The molecule has 0 aliphatic rings. The van der Waals surface area contributed by atoms with Crippen LogP contribution in [0.15, 0.2) is 18.3 Å². The number of amides is 1. The molecule has 2 aromatic heterocycles. The van der Waals surface area contributed by atoms with Gasteiger partial charge >= 0.3 is 0 Å². The number of hydrogen-bond donors (Lipinski definition) is 2. The minimum absolute atomic E-state index is 0.170. The second kappa shape index (κ2) is 6.91. The number of carbonyl (C=O) groups is 1. The van der Waals surface area contributed by atoms with Crippen molar-refractivity contribution in [3.05, 3.63) is 44.2 Å². The van der Waals surface area contributed by atoms with Gasteiger partial charge in [0.25, 0.3) is 5.91 Å². The van der Waals surface area contributed by atoms with Crippen molar-refractivity contribution in [2.75, 3.05) is 11.9 Å². The van der Waals surface area contributed by atoms with Crippen LogP contribution < -0.4 is 10.6 Å². The Morgan fingerprint density at radius 3 is 2.71 bits per heavy atom. The summed E-state index contributed by atoms with van der Waals surface area (Å²) in [6.45, 7) is 7.36. The second-order valence-electron chi connectivity index (χ2n) is 4.72. The molecule has 6 heteroatoms. The van der Waals surface area contributed by atoms with Crippen LogP contribution in [-0.2, 0) is 6.54 Å². The van der Waals surface area contributed by atoms with Gasteiger partial charge in [-0.15, -0.1) is 11.3 Å². The number of thiophene rings is 1. The molecule has 0 saturated heterocycles. The lowest BCUT2D eigenvalue weighted by atomic mass is 10.2. The Balaban J connectivity index is 2.01. The van der Waals surface area contributed by atoms with E-state index in [9.17, 15) is 4.79 Å². The van der Waals surface area contributed by atoms with Crippen molar-refractivity contribution in [1.29, 1.82) is 0 Å². The summed E-state index contributed by atoms with van der Waals surface area (Å²) in [4.78, 5) is 18.7. The van der Waals surface area contributed by atoms with Crippen molar-refractivity contribution in [2.45, 2.75) is 27.3 Å². The van der Waals surface area contributed by atoms with Crippen LogP contribution in [0.2, 0.25) is 5.02 Å². The molecule has 0 atom stereocenters. The summed E-state index contributed by atoms with van der Waals surface area (Å²) in [7, 11) is 0. The zero-order chi connectivity index (χ0) is 15.4. The number of pyridine rings is 1. The maximum Gasteiger partial charge on any atom is 0.253 e. The number of aryl methyl sites for hydroxylation is 2. The summed E-state index contributed by atoms with van der Waals surface area (Å²) in [6.07, 6.45) is 1.53. The van der Waals surface area contributed by atoms with Crippen molar-refractivity contribution >= 4 is 34.7 Å². The molecule has 1 amide bonds. The number of hydrogen-bond acceptors (Lipinski definition) is 4. The van der Waals surface area contributed by atoms with Crippen LogP contribution in [-0.4, -0.2) is 17.4 Å². The largest absolute Gasteiger partial charge is 0.369 e. The average molecular weight is 324 g/mol. The van der Waals surface area contributed by atoms with Crippen LogP contribution in [0.1, 0.15) is 32.6 Å². The highest BCUT2D eigenvalue weighted by atomic mass is 35.5. The summed E-state index contributed by atoms with van der Waals surface area (Å²) in [5.41, 5.74) is 1.72. The first-order valence-corrected chi connectivity index (χ1v) is 7.94. The van der Waals surface area contributed by atoms with E-state index < -0.39 is 0 Å². The van der Waals surface area contributed by atoms with Crippen molar-refractivity contribution < 1.29 is 4.79 Å². The maximum atomic E-state index is 12.1. The lowest BCUT2D eigenvalue weighted by molar-refractivity contribution is 0.0951. The molecular weight excluding hydrogens is 306 g/mol. The second-order valence-corrected chi connectivity index (χ2v) is 6.47. The van der Waals surface area contributed by atoms with Crippen LogP contribution in [0.25, 0.3) is 0 Å². The Bertz CT molecular complexity index is 635. The molecule has 21 heavy (non-hydrogen) atoms. The van der Waals surface area contributed by atoms with E-state index in [1.54, 1.807) is 17.4 Å². The van der Waals surface area contributed by atoms with Gasteiger partial charge in [0.1, 0.15) is 5.82 Å². The number of nitrogens with one attached hydrogen (secondary N) is 2. The van der Waals surface area contributed by atoms with Crippen molar-refractivity contribution in [2.24, 2.45) is 0 Å². The fourth-order valence-electron chi connectivity index (χ4n) is 1.87. The molecule has 0 aromatic carbocycles. The summed E-state index contributed by atoms with van der Waals surface area (Å²) < 4.78 is 0. The van der Waals surface area contributed by atoms with Gasteiger partial charge in [-0.25, -0.2) is 4.98 Å². The highest BCUT2D eigenvalue weighted by Crippen LogP contribution is 2.21. The highest BCUT2D eigenvalue weighted by Gasteiger charge is 2.10. The molecule has 0 bridgehead atoms. The lowest BCUT2D eigenvalue weighted by Crippen LogP contribution is -2.22. The molecule has 0 aliphatic carbocycles. The molecule has 4 nitrogen and oxygen atoms in total. The third-order valence-corrected chi connectivity index (χ3v) is 4.53. The van der Waals surface area contributed by atoms with Gasteiger partial charge in [0.2, 0.25) is 0 Å². The molecule has 0 fully saturated rings. The fraction of sp³-hybridized carbons (Fsp3) is 0.333. The molecular formula is C15H18ClN3OS. The Hall–Kier alpha value is -1.59. The number of aromatic nitrogens is 1. The standard InChI is InChI=1S/C15H18ClN3OS/c1-4-17-14-13(16)6-11(7-18-14)15(20)19-8-12-5-9(2)10(3)21-12/h5-7H,4,8H2,1-3H3,(H,17,18)(H,19,20). The molecule has 0 unspecified atom stereocenters. The number of carbonyl (C=O) groups excluding carboxylic acids is 1. The summed E-state index contributed by atoms with van der Waals surface area (Å²) >= 11 is 7.79. The average Bonchev–Trinajstić information content (AvgIpc) is 2.77. The Morgan fingerprint density at radius 1 is 1.38 bits per heavy atom. The Morgan fingerprint density at radius 2 is 2.14 bits per heavy atom. The molecule has 2 aromatic rings. The zero-order valence-corrected chi connectivity index (χ0v) is 13.9. The van der Waals surface area contributed by atoms with Crippen molar-refractivity contribution in [3.63, 3.8) is 0 Å². The first kappa shape index (κ1) is 15.8. The maximum absolute atomic E-state index is 12.1. The van der Waals surface area contributed by atoms with E-state index >= 15 is 0 Å². The van der Waals surface area contributed by atoms with Crippen LogP contribution in [0.5, 0.6) is 0 Å². The van der Waals surface area contributed by atoms with E-state index in [4.69, 9.17) is 11.6 Å². The molecule has 112 valence electrons. The van der Waals surface area contributed by atoms with E-state index in [-0.39, 0.29) is 5.91 Å². The first-order valence-electron chi connectivity index (χ1n) is 6.74. The predicted octanol–water partition coefficient (Wildman–Crippen LogP) is 3.78. The van der Waals surface area contributed by atoms with E-state index in [1.807, 2.05) is 6.92 Å². The van der Waals surface area contributed by atoms with Crippen LogP contribution in [0, 0.1) is 13.8 Å². The topological polar surface area (TPSA) is 54.0 Å². The minimum atomic E-state index is -0.170. The van der Waals surface area contributed by atoms with Crippen LogP contribution in [0.3, 0.4) is 0 Å². The SMILES string of the molecule is CCNc1ncc(C(=O)NCc2cc(C)c(C)s2)cc1Cl. The third kappa shape index (κ3) is 3.95. The molecule has 0 radical (unpaired) electrons. The van der Waals surface area contributed by atoms with E-state index in [0.29, 0.717) is 22.9 Å². The Kier molecular flexibility index (Phi) is 5.20. The normalized spacial score (nSPS) is 10.5. The fourth-order valence-corrected chi connectivity index (χ4v) is 3.09. The summed E-state index contributed by atoms with van der Waals surface area (Å²) in [6, 6.07) is 3.73. The van der Waals surface area contributed by atoms with Gasteiger partial charge in [-0.2, -0.15) is 0 Å². The molecule has 2 N–H and O–H groups in total. The minimum Gasteiger partial charge on any atom is -0.369 e. The zero-order valence-electron chi connectivity index (χ0n) is 12.3. The van der Waals surface area contributed by atoms with Gasteiger partial charge in [-0.3, -0.25) is 4.79 Å². The first-order chi connectivity index (χ1) is 10.0. The summed E-state index contributed by atoms with van der Waals surface area (Å²) in [5.74, 6) is 0.427. The van der Waals surface area contributed by atoms with E-state index in [0.717, 1.165) is 11.4 Å². The van der Waals surface area contributed by atoms with Gasteiger partial charge in [-0.1, -0.05) is 11.6 Å². The molecule has 0 spiro atoms. The number of nitrogens with zero attached hydrogens (tertiary/aromatic N) is 1. The van der Waals surface area contributed by atoms with Gasteiger partial charge in [0.15, 0.2) is 0 Å². The number of anilines is 1. The van der Waals surface area contributed by atoms with Gasteiger partial charge in [0, 0.05) is 22.5 Å². The van der Waals surface area contributed by atoms with Crippen molar-refractivity contribution in [1.82, 2.24) is 10.3 Å². The lowest BCUT2D eigenvalue weighted by Gasteiger charge is -2.07. The van der Waals surface area contributed by atoms with Crippen LogP contribution in [0.4, 0.5) is 5.82 Å². The number of halogens is 1. The molecule has 0 aliphatic heterocycles. The van der Waals surface area contributed by atoms with Gasteiger partial charge < -0.3 is 10.6 Å². The predicted molar refractivity (Wildman–Crippen MR) is 88.4 cm³/mol. The van der Waals surface area contributed by atoms with Gasteiger partial charge in [-0.05, 0) is 38.5 Å². The summed E-state index contributed by atoms with van der Waals surface area (Å²) in [5, 5.41) is 6.37. The van der Waals surface area contributed by atoms with Crippen LogP contribution >= 0.6 is 22.9 Å². The van der Waals surface area contributed by atoms with Gasteiger partial charge in [0.05, 0.1) is 17.1 Å². The monoisotopic (exact) mass is 323 g/mol. The van der Waals surface area contributed by atoms with Crippen molar-refractivity contribution in [3.8, 4) is 0 Å². The highest BCUT2D eigenvalue weighted by molar-refractivity contribution is 7.12. The third-order valence-electron chi connectivity index (χ3n) is 3.09. The quantitative estimate of drug-likeness (QED) is 0.880. The van der Waals surface area contributed by atoms with E-state index in [1.165, 1.54) is 16.6 Å². The van der Waals surface area contributed by atoms with E-state index in [2.05, 4.69) is 35.5 Å². The number of rotatable bonds is 5. The smallest absolute Gasteiger partial charge is 0.253 e. The molecule has 2 heterocycles. The Labute approximate surface area is 133 Å². The molecule has 2 rings (SSSR count).